The number of benzene rings is 1. The Hall–Kier alpha value is -1.15. The Morgan fingerprint density at radius 1 is 1.37 bits per heavy atom. The van der Waals surface area contributed by atoms with Gasteiger partial charge in [-0.25, -0.2) is 4.39 Å². The molecule has 0 bridgehead atoms. The molecule has 3 nitrogen and oxygen atoms in total. The normalized spacial score (nSPS) is 20.2. The zero-order valence-corrected chi connectivity index (χ0v) is 11.1. The van der Waals surface area contributed by atoms with E-state index in [9.17, 15) is 22.4 Å². The molecule has 1 saturated heterocycles. The quantitative estimate of drug-likeness (QED) is 0.799. The Morgan fingerprint density at radius 3 is 2.47 bits per heavy atom. The summed E-state index contributed by atoms with van der Waals surface area (Å²) in [6.07, 6.45) is -4.64. The molecule has 2 N–H and O–H groups in total. The molecule has 1 heterocycles. The molecule has 1 aromatic carbocycles. The van der Waals surface area contributed by atoms with Crippen molar-refractivity contribution in [3.05, 3.63) is 28.0 Å². The lowest BCUT2D eigenvalue weighted by Crippen LogP contribution is -2.29. The molecule has 1 amide bonds. The van der Waals surface area contributed by atoms with Gasteiger partial charge in [-0.05, 0) is 12.1 Å². The third kappa shape index (κ3) is 2.74. The standard InChI is InChI=1S/C11H9BrF4N2O/c12-7-3-8(13)9(2-6(7)11(14,15)16)18-4-5(17)1-10(18)19/h2-3,5H,1,4,17H2. The van der Waals surface area contributed by atoms with E-state index in [2.05, 4.69) is 15.9 Å². The Labute approximate surface area is 114 Å². The van der Waals surface area contributed by atoms with Gasteiger partial charge in [0.25, 0.3) is 0 Å². The fourth-order valence-electron chi connectivity index (χ4n) is 1.93. The van der Waals surface area contributed by atoms with Crippen LogP contribution in [0.15, 0.2) is 16.6 Å². The van der Waals surface area contributed by atoms with Gasteiger partial charge in [0.05, 0.1) is 11.3 Å². The van der Waals surface area contributed by atoms with Gasteiger partial charge in [-0.15, -0.1) is 0 Å². The number of amides is 1. The summed E-state index contributed by atoms with van der Waals surface area (Å²) in [6, 6.07) is 0.829. The summed E-state index contributed by atoms with van der Waals surface area (Å²) in [5.74, 6) is -1.39. The topological polar surface area (TPSA) is 46.3 Å². The molecule has 1 aromatic rings. The molecule has 1 unspecified atom stereocenters. The number of alkyl halides is 3. The molecule has 1 fully saturated rings. The van der Waals surface area contributed by atoms with Crippen molar-refractivity contribution in [2.24, 2.45) is 5.73 Å². The van der Waals surface area contributed by atoms with Crippen LogP contribution in [0.3, 0.4) is 0 Å². The molecule has 19 heavy (non-hydrogen) atoms. The molecule has 8 heteroatoms. The number of halogens is 5. The zero-order chi connectivity index (χ0) is 14.4. The van der Waals surface area contributed by atoms with Crippen molar-refractivity contribution in [2.75, 3.05) is 11.4 Å². The summed E-state index contributed by atoms with van der Waals surface area (Å²) in [5, 5.41) is 0. The van der Waals surface area contributed by atoms with Crippen molar-refractivity contribution >= 4 is 27.5 Å². The Kier molecular flexibility index (Phi) is 3.57. The van der Waals surface area contributed by atoms with E-state index in [4.69, 9.17) is 5.73 Å². The third-order valence-corrected chi connectivity index (χ3v) is 3.44. The molecule has 104 valence electrons. The summed E-state index contributed by atoms with van der Waals surface area (Å²) in [5.41, 5.74) is 4.11. The number of hydrogen-bond acceptors (Lipinski definition) is 2. The van der Waals surface area contributed by atoms with E-state index in [-0.39, 0.29) is 13.0 Å². The third-order valence-electron chi connectivity index (χ3n) is 2.79. The van der Waals surface area contributed by atoms with Gasteiger partial charge in [-0.2, -0.15) is 13.2 Å². The van der Waals surface area contributed by atoms with Gasteiger partial charge in [-0.3, -0.25) is 4.79 Å². The first-order valence-electron chi connectivity index (χ1n) is 5.32. The lowest BCUT2D eigenvalue weighted by Gasteiger charge is -2.19. The Balaban J connectivity index is 2.49. The maximum atomic E-state index is 13.7. The molecule has 2 rings (SSSR count). The van der Waals surface area contributed by atoms with Crippen LogP contribution >= 0.6 is 15.9 Å². The fourth-order valence-corrected chi connectivity index (χ4v) is 2.47. The lowest BCUT2D eigenvalue weighted by molar-refractivity contribution is -0.138. The second kappa shape index (κ2) is 4.75. The summed E-state index contributed by atoms with van der Waals surface area (Å²) in [6.45, 7) is 0.00861. The van der Waals surface area contributed by atoms with E-state index in [1.807, 2.05) is 0 Å². The van der Waals surface area contributed by atoms with Crippen molar-refractivity contribution < 1.29 is 22.4 Å². The average molecular weight is 341 g/mol. The van der Waals surface area contributed by atoms with Crippen molar-refractivity contribution in [3.8, 4) is 0 Å². The molecule has 1 aliphatic heterocycles. The molecule has 0 aliphatic carbocycles. The predicted octanol–water partition coefficient (Wildman–Crippen LogP) is 2.67. The van der Waals surface area contributed by atoms with Gasteiger partial charge >= 0.3 is 6.18 Å². The molecular weight excluding hydrogens is 332 g/mol. The number of nitrogens with two attached hydrogens (primary N) is 1. The molecule has 0 aromatic heterocycles. The van der Waals surface area contributed by atoms with Crippen LogP contribution in [0.25, 0.3) is 0 Å². The first-order valence-corrected chi connectivity index (χ1v) is 6.11. The Morgan fingerprint density at radius 2 is 2.00 bits per heavy atom. The van der Waals surface area contributed by atoms with Gasteiger partial charge in [0.2, 0.25) is 5.91 Å². The number of rotatable bonds is 1. The van der Waals surface area contributed by atoms with Crippen LogP contribution in [0.5, 0.6) is 0 Å². The van der Waals surface area contributed by atoms with Gasteiger partial charge in [-0.1, -0.05) is 15.9 Å². The number of carbonyl (C=O) groups excluding carboxylic acids is 1. The summed E-state index contributed by atoms with van der Waals surface area (Å²) < 4.78 is 51.6. The van der Waals surface area contributed by atoms with Crippen molar-refractivity contribution in [1.29, 1.82) is 0 Å². The summed E-state index contributed by atoms with van der Waals surface area (Å²) >= 11 is 2.66. The highest BCUT2D eigenvalue weighted by atomic mass is 79.9. The summed E-state index contributed by atoms with van der Waals surface area (Å²) in [7, 11) is 0. The van der Waals surface area contributed by atoms with Gasteiger partial charge in [0.15, 0.2) is 0 Å². The van der Waals surface area contributed by atoms with Crippen LogP contribution in [0.2, 0.25) is 0 Å². The number of hydrogen-bond donors (Lipinski definition) is 1. The van der Waals surface area contributed by atoms with Crippen LogP contribution in [-0.4, -0.2) is 18.5 Å². The predicted molar refractivity (Wildman–Crippen MR) is 64.0 cm³/mol. The van der Waals surface area contributed by atoms with Gasteiger partial charge < -0.3 is 10.6 Å². The largest absolute Gasteiger partial charge is 0.417 e. The van der Waals surface area contributed by atoms with Crippen molar-refractivity contribution in [1.82, 2.24) is 0 Å². The van der Waals surface area contributed by atoms with Crippen LogP contribution in [0.4, 0.5) is 23.2 Å². The highest BCUT2D eigenvalue weighted by Gasteiger charge is 2.36. The van der Waals surface area contributed by atoms with E-state index in [1.165, 1.54) is 0 Å². The number of nitrogens with zero attached hydrogens (tertiary/aromatic N) is 1. The summed E-state index contributed by atoms with van der Waals surface area (Å²) in [4.78, 5) is 12.5. The van der Waals surface area contributed by atoms with E-state index >= 15 is 0 Å². The maximum absolute atomic E-state index is 13.7. The van der Waals surface area contributed by atoms with Crippen molar-refractivity contribution in [2.45, 2.75) is 18.6 Å². The first kappa shape index (κ1) is 14.3. The van der Waals surface area contributed by atoms with E-state index in [1.54, 1.807) is 0 Å². The molecule has 0 radical (unpaired) electrons. The molecule has 1 atom stereocenters. The van der Waals surface area contributed by atoms with Crippen molar-refractivity contribution in [3.63, 3.8) is 0 Å². The molecular formula is C11H9BrF4N2O. The molecule has 0 spiro atoms. The second-order valence-corrected chi connectivity index (χ2v) is 5.10. The minimum atomic E-state index is -4.63. The van der Waals surface area contributed by atoms with E-state index in [0.29, 0.717) is 12.1 Å². The van der Waals surface area contributed by atoms with Crippen LogP contribution < -0.4 is 10.6 Å². The van der Waals surface area contributed by atoms with Gasteiger partial charge in [0, 0.05) is 23.5 Å². The van der Waals surface area contributed by atoms with Crippen LogP contribution in [0.1, 0.15) is 12.0 Å². The minimum absolute atomic E-state index is 0.00312. The van der Waals surface area contributed by atoms with Crippen LogP contribution in [-0.2, 0) is 11.0 Å². The first-order chi connectivity index (χ1) is 8.70. The SMILES string of the molecule is NC1CC(=O)N(c2cc(C(F)(F)F)c(Br)cc2F)C1. The van der Waals surface area contributed by atoms with Gasteiger partial charge in [0.1, 0.15) is 5.82 Å². The zero-order valence-electron chi connectivity index (χ0n) is 9.47. The highest BCUT2D eigenvalue weighted by Crippen LogP contribution is 2.39. The fraction of sp³-hybridized carbons (Fsp3) is 0.364. The molecule has 1 aliphatic rings. The van der Waals surface area contributed by atoms with Crippen LogP contribution in [0, 0.1) is 5.82 Å². The minimum Gasteiger partial charge on any atom is -0.326 e. The second-order valence-electron chi connectivity index (χ2n) is 4.25. The maximum Gasteiger partial charge on any atom is 0.417 e. The number of anilines is 1. The van der Waals surface area contributed by atoms with E-state index in [0.717, 1.165) is 4.90 Å². The monoisotopic (exact) mass is 340 g/mol. The number of carbonyl (C=O) groups is 1. The molecule has 0 saturated carbocycles. The lowest BCUT2D eigenvalue weighted by atomic mass is 10.1. The smallest absolute Gasteiger partial charge is 0.326 e. The highest BCUT2D eigenvalue weighted by molar-refractivity contribution is 9.10. The Bertz CT molecular complexity index is 532. The van der Waals surface area contributed by atoms with E-state index < -0.39 is 39.7 Å². The average Bonchev–Trinajstić information content (AvgIpc) is 2.55.